The number of aromatic nitrogens is 3. The molecule has 2 aliphatic rings. The quantitative estimate of drug-likeness (QED) is 0.226. The van der Waals surface area contributed by atoms with E-state index in [2.05, 4.69) is 45.3 Å². The second-order valence-corrected chi connectivity index (χ2v) is 10.7. The number of benzene rings is 2. The molecule has 1 aliphatic carbocycles. The number of hydrogen-bond donors (Lipinski definition) is 4. The summed E-state index contributed by atoms with van der Waals surface area (Å²) in [5, 5.41) is 14.8. The molecule has 0 spiro atoms. The summed E-state index contributed by atoms with van der Waals surface area (Å²) in [5.41, 5.74) is 6.96. The van der Waals surface area contributed by atoms with Crippen molar-refractivity contribution in [3.63, 3.8) is 0 Å². The van der Waals surface area contributed by atoms with Crippen LogP contribution in [0.4, 0.5) is 22.9 Å². The van der Waals surface area contributed by atoms with Gasteiger partial charge in [0.1, 0.15) is 5.82 Å². The van der Waals surface area contributed by atoms with E-state index in [0.717, 1.165) is 29.8 Å². The summed E-state index contributed by atoms with van der Waals surface area (Å²) in [6.45, 7) is 4.10. The van der Waals surface area contributed by atoms with E-state index in [0.29, 0.717) is 34.7 Å². The van der Waals surface area contributed by atoms with Gasteiger partial charge in [-0.2, -0.15) is 0 Å². The second-order valence-electron chi connectivity index (χ2n) is 10.7. The van der Waals surface area contributed by atoms with E-state index in [-0.39, 0.29) is 18.1 Å². The van der Waals surface area contributed by atoms with Gasteiger partial charge < -0.3 is 16.0 Å². The number of carbonyl (C=O) groups excluding carboxylic acids is 1. The zero-order chi connectivity index (χ0) is 27.5. The summed E-state index contributed by atoms with van der Waals surface area (Å²) in [4.78, 5) is 28.2. The van der Waals surface area contributed by atoms with Crippen LogP contribution in [-0.2, 0) is 4.84 Å². The van der Waals surface area contributed by atoms with Gasteiger partial charge in [-0.1, -0.05) is 63.4 Å². The van der Waals surface area contributed by atoms with Crippen LogP contribution >= 0.6 is 0 Å². The molecule has 1 amide bonds. The average Bonchev–Trinajstić information content (AvgIpc) is 3.63. The summed E-state index contributed by atoms with van der Waals surface area (Å²) in [7, 11) is 0. The molecule has 3 heterocycles. The van der Waals surface area contributed by atoms with Crippen molar-refractivity contribution in [2.75, 3.05) is 16.0 Å². The SMILES string of the molecule is CC(C)C1N=C(c2cccc(NC(=O)c3cnc4c(Nc5ccccc5)cc(NC5CCCCC5)nn34)c2)NO1. The molecule has 1 aliphatic heterocycles. The van der Waals surface area contributed by atoms with Gasteiger partial charge >= 0.3 is 0 Å². The molecular formula is C30H34N8O2. The van der Waals surface area contributed by atoms with Crippen LogP contribution in [0.15, 0.2) is 71.9 Å². The molecule has 0 radical (unpaired) electrons. The van der Waals surface area contributed by atoms with Gasteiger partial charge in [-0.15, -0.1) is 5.10 Å². The average molecular weight is 539 g/mol. The number of hydrogen-bond acceptors (Lipinski definition) is 8. The number of anilines is 4. The van der Waals surface area contributed by atoms with E-state index in [1.54, 1.807) is 10.7 Å². The number of carbonyl (C=O) groups is 1. The molecule has 6 rings (SSSR count). The molecule has 10 nitrogen and oxygen atoms in total. The van der Waals surface area contributed by atoms with Gasteiger partial charge in [-0.05, 0) is 37.1 Å². The number of nitrogens with zero attached hydrogens (tertiary/aromatic N) is 4. The lowest BCUT2D eigenvalue weighted by molar-refractivity contribution is 0.0107. The van der Waals surface area contributed by atoms with Gasteiger partial charge in [-0.25, -0.2) is 24.8 Å². The summed E-state index contributed by atoms with van der Waals surface area (Å²) < 4.78 is 1.61. The normalized spacial score (nSPS) is 17.5. The van der Waals surface area contributed by atoms with Crippen LogP contribution in [0.1, 0.15) is 62.0 Å². The summed E-state index contributed by atoms with van der Waals surface area (Å²) in [6.07, 6.45) is 7.22. The van der Waals surface area contributed by atoms with Crippen LogP contribution in [0.3, 0.4) is 0 Å². The largest absolute Gasteiger partial charge is 0.366 e. The highest BCUT2D eigenvalue weighted by Gasteiger charge is 2.23. The Morgan fingerprint density at radius 3 is 2.60 bits per heavy atom. The Labute approximate surface area is 233 Å². The second kappa shape index (κ2) is 11.4. The van der Waals surface area contributed by atoms with Gasteiger partial charge in [-0.3, -0.25) is 4.79 Å². The van der Waals surface area contributed by atoms with Crippen LogP contribution in [0.5, 0.6) is 0 Å². The number of rotatable bonds is 8. The Morgan fingerprint density at radius 1 is 1.02 bits per heavy atom. The Kier molecular flexibility index (Phi) is 7.33. The van der Waals surface area contributed by atoms with E-state index in [1.807, 2.05) is 60.7 Å². The Morgan fingerprint density at radius 2 is 1.82 bits per heavy atom. The Balaban J connectivity index is 1.29. The molecule has 0 saturated heterocycles. The molecule has 4 aromatic rings. The molecule has 10 heteroatoms. The monoisotopic (exact) mass is 538 g/mol. The number of amides is 1. The number of para-hydroxylation sites is 1. The lowest BCUT2D eigenvalue weighted by Crippen LogP contribution is -2.24. The fourth-order valence-electron chi connectivity index (χ4n) is 5.07. The van der Waals surface area contributed by atoms with Crippen LogP contribution in [0.25, 0.3) is 5.65 Å². The highest BCUT2D eigenvalue weighted by Crippen LogP contribution is 2.27. The fourth-order valence-corrected chi connectivity index (χ4v) is 5.07. The zero-order valence-corrected chi connectivity index (χ0v) is 22.7. The zero-order valence-electron chi connectivity index (χ0n) is 22.7. The lowest BCUT2D eigenvalue weighted by atomic mass is 9.95. The van der Waals surface area contributed by atoms with Crippen molar-refractivity contribution < 1.29 is 9.63 Å². The fraction of sp³-hybridized carbons (Fsp3) is 0.333. The first-order chi connectivity index (χ1) is 19.5. The van der Waals surface area contributed by atoms with Gasteiger partial charge in [0.2, 0.25) is 0 Å². The summed E-state index contributed by atoms with van der Waals surface area (Å²) in [6, 6.07) is 19.7. The minimum atomic E-state index is -0.310. The van der Waals surface area contributed by atoms with E-state index >= 15 is 0 Å². The van der Waals surface area contributed by atoms with E-state index in [4.69, 9.17) is 9.94 Å². The number of aliphatic imine (C=N–C) groups is 1. The molecule has 1 fully saturated rings. The molecule has 2 aromatic heterocycles. The molecule has 206 valence electrons. The number of amidine groups is 1. The lowest BCUT2D eigenvalue weighted by Gasteiger charge is -2.23. The highest BCUT2D eigenvalue weighted by molar-refractivity contribution is 6.05. The van der Waals surface area contributed by atoms with Gasteiger partial charge in [0, 0.05) is 35.0 Å². The van der Waals surface area contributed by atoms with Crippen molar-refractivity contribution in [1.82, 2.24) is 20.1 Å². The third-order valence-corrected chi connectivity index (χ3v) is 7.21. The third kappa shape index (κ3) is 5.62. The maximum atomic E-state index is 13.5. The summed E-state index contributed by atoms with van der Waals surface area (Å²) in [5.74, 6) is 1.28. The maximum Gasteiger partial charge on any atom is 0.276 e. The van der Waals surface area contributed by atoms with Crippen molar-refractivity contribution >= 4 is 40.3 Å². The van der Waals surface area contributed by atoms with Crippen molar-refractivity contribution in [3.8, 4) is 0 Å². The van der Waals surface area contributed by atoms with Crippen LogP contribution in [-0.4, -0.2) is 38.6 Å². The number of nitrogens with one attached hydrogen (secondary N) is 4. The first-order valence-corrected chi connectivity index (χ1v) is 13.9. The molecule has 1 unspecified atom stereocenters. The van der Waals surface area contributed by atoms with Crippen molar-refractivity contribution in [1.29, 1.82) is 0 Å². The van der Waals surface area contributed by atoms with Crippen molar-refractivity contribution in [2.45, 2.75) is 58.2 Å². The first-order valence-electron chi connectivity index (χ1n) is 13.9. The molecule has 1 saturated carbocycles. The van der Waals surface area contributed by atoms with Gasteiger partial charge in [0.25, 0.3) is 5.91 Å². The minimum Gasteiger partial charge on any atom is -0.366 e. The van der Waals surface area contributed by atoms with E-state index < -0.39 is 0 Å². The molecule has 2 aromatic carbocycles. The number of hydroxylamine groups is 1. The van der Waals surface area contributed by atoms with Gasteiger partial charge in [0.05, 0.1) is 11.9 Å². The number of fused-ring (bicyclic) bond motifs is 1. The molecule has 40 heavy (non-hydrogen) atoms. The molecule has 4 N–H and O–H groups in total. The van der Waals surface area contributed by atoms with E-state index in [9.17, 15) is 4.79 Å². The molecular weight excluding hydrogens is 504 g/mol. The van der Waals surface area contributed by atoms with E-state index in [1.165, 1.54) is 19.3 Å². The highest BCUT2D eigenvalue weighted by atomic mass is 16.7. The standard InChI is InChI=1S/C30H34N8O2/c1-19(2)30-35-27(37-40-30)20-10-9-15-23(16-20)34-29(39)25-18-31-28-24(32-21-11-5-3-6-12-21)17-26(36-38(25)28)33-22-13-7-4-8-14-22/h3,5-6,9-12,15-19,22,30,32H,4,7-8,13-14H2,1-2H3,(H,33,36)(H,34,39)(H,35,37). The predicted molar refractivity (Wildman–Crippen MR) is 157 cm³/mol. The first kappa shape index (κ1) is 25.8. The van der Waals surface area contributed by atoms with Crippen LogP contribution in [0.2, 0.25) is 0 Å². The maximum absolute atomic E-state index is 13.5. The number of imidazole rings is 1. The van der Waals surface area contributed by atoms with Crippen LogP contribution in [0, 0.1) is 5.92 Å². The molecule has 1 atom stereocenters. The minimum absolute atomic E-state index is 0.243. The smallest absolute Gasteiger partial charge is 0.276 e. The Hall–Kier alpha value is -4.44. The Bertz CT molecular complexity index is 1530. The predicted octanol–water partition coefficient (Wildman–Crippen LogP) is 5.73. The summed E-state index contributed by atoms with van der Waals surface area (Å²) >= 11 is 0. The third-order valence-electron chi connectivity index (χ3n) is 7.21. The van der Waals surface area contributed by atoms with Crippen LogP contribution < -0.4 is 21.4 Å². The van der Waals surface area contributed by atoms with Crippen molar-refractivity contribution in [3.05, 3.63) is 78.1 Å². The molecule has 0 bridgehead atoms. The van der Waals surface area contributed by atoms with Gasteiger partial charge in [0.15, 0.2) is 23.4 Å². The topological polar surface area (TPSA) is 117 Å². The van der Waals surface area contributed by atoms with Crippen molar-refractivity contribution in [2.24, 2.45) is 10.9 Å².